The quantitative estimate of drug-likeness (QED) is 0.433. The smallest absolute Gasteiger partial charge is 0.241 e. The summed E-state index contributed by atoms with van der Waals surface area (Å²) >= 11 is 3.53. The summed E-state index contributed by atoms with van der Waals surface area (Å²) in [4.78, 5) is 8.49. The predicted octanol–water partition coefficient (Wildman–Crippen LogP) is 2.45. The van der Waals surface area contributed by atoms with Gasteiger partial charge in [0.25, 0.3) is 0 Å². The monoisotopic (exact) mass is 333 g/mol. The number of anilines is 3. The molecule has 0 atom stereocenters. The van der Waals surface area contributed by atoms with E-state index in [4.69, 9.17) is 5.84 Å². The molecule has 5 N–H and O–H groups in total. The van der Waals surface area contributed by atoms with Gasteiger partial charge in [-0.3, -0.25) is 10.5 Å². The Bertz CT molecular complexity index is 768. The Morgan fingerprint density at radius 1 is 1.30 bits per heavy atom. The molecule has 1 aromatic carbocycles. The molecule has 0 saturated carbocycles. The largest absolute Gasteiger partial charge is 0.339 e. The molecule has 0 spiro atoms. The molecule has 0 aliphatic rings. The van der Waals surface area contributed by atoms with Crippen molar-refractivity contribution in [3.63, 3.8) is 0 Å². The summed E-state index contributed by atoms with van der Waals surface area (Å²) in [6.45, 7) is 2.03. The van der Waals surface area contributed by atoms with E-state index in [0.717, 1.165) is 15.5 Å². The van der Waals surface area contributed by atoms with Crippen molar-refractivity contribution in [2.24, 2.45) is 5.84 Å². The Morgan fingerprint density at radius 3 is 2.90 bits per heavy atom. The zero-order valence-corrected chi connectivity index (χ0v) is 12.2. The lowest BCUT2D eigenvalue weighted by Crippen LogP contribution is -2.11. The normalized spacial score (nSPS) is 10.8. The number of fused-ring (bicyclic) bond motifs is 1. The molecule has 0 aliphatic heterocycles. The minimum atomic E-state index is 0.312. The average Bonchev–Trinajstić information content (AvgIpc) is 2.90. The highest BCUT2D eigenvalue weighted by Gasteiger charge is 2.10. The summed E-state index contributed by atoms with van der Waals surface area (Å²) in [6.07, 6.45) is 1.67. The van der Waals surface area contributed by atoms with E-state index in [2.05, 4.69) is 46.8 Å². The summed E-state index contributed by atoms with van der Waals surface area (Å²) in [7, 11) is 0. The van der Waals surface area contributed by atoms with Gasteiger partial charge in [0.05, 0.1) is 17.3 Å². The molecule has 8 heteroatoms. The van der Waals surface area contributed by atoms with Crippen LogP contribution >= 0.6 is 15.9 Å². The number of aromatic amines is 1. The molecule has 0 bridgehead atoms. The fourth-order valence-corrected chi connectivity index (χ4v) is 2.44. The Labute approximate surface area is 123 Å². The minimum absolute atomic E-state index is 0.312. The highest BCUT2D eigenvalue weighted by Crippen LogP contribution is 2.29. The van der Waals surface area contributed by atoms with Crippen molar-refractivity contribution in [2.75, 3.05) is 10.7 Å². The first kappa shape index (κ1) is 12.8. The maximum Gasteiger partial charge on any atom is 0.241 e. The number of aryl methyl sites for hydroxylation is 1. The third-order valence-corrected chi connectivity index (χ3v) is 3.47. The van der Waals surface area contributed by atoms with Gasteiger partial charge in [0.2, 0.25) is 5.95 Å². The Hall–Kier alpha value is -2.19. The Kier molecular flexibility index (Phi) is 3.25. The van der Waals surface area contributed by atoms with E-state index < -0.39 is 0 Å². The second-order valence-electron chi connectivity index (χ2n) is 4.28. The van der Waals surface area contributed by atoms with Crippen molar-refractivity contribution in [3.05, 3.63) is 34.4 Å². The van der Waals surface area contributed by atoms with Crippen LogP contribution in [0.1, 0.15) is 5.56 Å². The molecule has 0 saturated heterocycles. The van der Waals surface area contributed by atoms with Crippen LogP contribution in [0, 0.1) is 6.92 Å². The third-order valence-electron chi connectivity index (χ3n) is 2.82. The highest BCUT2D eigenvalue weighted by atomic mass is 79.9. The van der Waals surface area contributed by atoms with Gasteiger partial charge in [0, 0.05) is 4.47 Å². The predicted molar refractivity (Wildman–Crippen MR) is 81.7 cm³/mol. The number of H-pyrrole nitrogens is 1. The van der Waals surface area contributed by atoms with Gasteiger partial charge in [-0.25, -0.2) is 5.84 Å². The molecule has 2 aromatic heterocycles. The van der Waals surface area contributed by atoms with E-state index in [1.165, 1.54) is 5.56 Å². The molecular formula is C12H12BrN7. The maximum absolute atomic E-state index is 5.38. The van der Waals surface area contributed by atoms with Gasteiger partial charge >= 0.3 is 0 Å². The van der Waals surface area contributed by atoms with Gasteiger partial charge in [-0.15, -0.1) is 0 Å². The number of nitrogens with two attached hydrogens (primary N) is 1. The van der Waals surface area contributed by atoms with Crippen molar-refractivity contribution in [2.45, 2.75) is 6.92 Å². The van der Waals surface area contributed by atoms with Crippen LogP contribution in [-0.4, -0.2) is 20.2 Å². The summed E-state index contributed by atoms with van der Waals surface area (Å²) in [5.74, 6) is 6.31. The van der Waals surface area contributed by atoms with E-state index in [1.54, 1.807) is 6.20 Å². The lowest BCUT2D eigenvalue weighted by Gasteiger charge is -2.10. The SMILES string of the molecule is Cc1ccc(Nc2nc(NN)nc3[nH]ncc23)c(Br)c1. The van der Waals surface area contributed by atoms with Crippen LogP contribution in [0.5, 0.6) is 0 Å². The van der Waals surface area contributed by atoms with Gasteiger partial charge in [-0.2, -0.15) is 15.1 Å². The van der Waals surface area contributed by atoms with E-state index in [0.29, 0.717) is 17.4 Å². The average molecular weight is 334 g/mol. The van der Waals surface area contributed by atoms with Gasteiger partial charge < -0.3 is 5.32 Å². The molecule has 0 fully saturated rings. The van der Waals surface area contributed by atoms with Gasteiger partial charge in [-0.05, 0) is 40.5 Å². The van der Waals surface area contributed by atoms with E-state index in [1.807, 2.05) is 25.1 Å². The van der Waals surface area contributed by atoms with Crippen LogP contribution in [0.15, 0.2) is 28.9 Å². The number of hydrogen-bond donors (Lipinski definition) is 4. The Morgan fingerprint density at radius 2 is 2.15 bits per heavy atom. The lowest BCUT2D eigenvalue weighted by molar-refractivity contribution is 1.08. The van der Waals surface area contributed by atoms with Crippen molar-refractivity contribution < 1.29 is 0 Å². The van der Waals surface area contributed by atoms with Crippen LogP contribution < -0.4 is 16.6 Å². The fraction of sp³-hybridized carbons (Fsp3) is 0.0833. The number of aromatic nitrogens is 4. The molecule has 0 radical (unpaired) electrons. The van der Waals surface area contributed by atoms with Crippen LogP contribution in [0.2, 0.25) is 0 Å². The second kappa shape index (κ2) is 5.06. The molecule has 3 rings (SSSR count). The number of halogens is 1. The van der Waals surface area contributed by atoms with Crippen LogP contribution in [0.4, 0.5) is 17.5 Å². The van der Waals surface area contributed by atoms with Crippen LogP contribution in [0.3, 0.4) is 0 Å². The molecular weight excluding hydrogens is 322 g/mol. The highest BCUT2D eigenvalue weighted by molar-refractivity contribution is 9.10. The number of hydrogen-bond acceptors (Lipinski definition) is 6. The molecule has 0 amide bonds. The maximum atomic E-state index is 5.38. The van der Waals surface area contributed by atoms with Crippen molar-refractivity contribution in [1.29, 1.82) is 0 Å². The first-order valence-corrected chi connectivity index (χ1v) is 6.67. The summed E-state index contributed by atoms with van der Waals surface area (Å²) < 4.78 is 0.954. The Balaban J connectivity index is 2.07. The topological polar surface area (TPSA) is 105 Å². The lowest BCUT2D eigenvalue weighted by atomic mass is 10.2. The number of benzene rings is 1. The van der Waals surface area contributed by atoms with E-state index in [-0.39, 0.29) is 0 Å². The summed E-state index contributed by atoms with van der Waals surface area (Å²) in [6, 6.07) is 6.02. The first-order valence-electron chi connectivity index (χ1n) is 5.88. The number of rotatable bonds is 3. The zero-order chi connectivity index (χ0) is 14.1. The second-order valence-corrected chi connectivity index (χ2v) is 5.14. The standard InChI is InChI=1S/C12H12BrN7/c1-6-2-3-9(8(13)4-6)16-10-7-5-15-20-11(7)18-12(17-10)19-14/h2-5H,14H2,1H3,(H3,15,16,17,18,19,20). The van der Waals surface area contributed by atoms with Crippen molar-refractivity contribution in [1.82, 2.24) is 20.2 Å². The number of nitrogens with zero attached hydrogens (tertiary/aromatic N) is 3. The molecule has 102 valence electrons. The van der Waals surface area contributed by atoms with Crippen molar-refractivity contribution >= 4 is 44.4 Å². The number of hydrazine groups is 1. The molecule has 0 unspecified atom stereocenters. The van der Waals surface area contributed by atoms with Crippen LogP contribution in [0.25, 0.3) is 11.0 Å². The summed E-state index contributed by atoms with van der Waals surface area (Å²) in [5.41, 5.74) is 5.12. The first-order chi connectivity index (χ1) is 9.67. The van der Waals surface area contributed by atoms with Gasteiger partial charge in [0.15, 0.2) is 5.65 Å². The number of nitrogens with one attached hydrogen (secondary N) is 3. The van der Waals surface area contributed by atoms with Crippen molar-refractivity contribution in [3.8, 4) is 0 Å². The third kappa shape index (κ3) is 2.30. The van der Waals surface area contributed by atoms with Crippen LogP contribution in [-0.2, 0) is 0 Å². The molecule has 20 heavy (non-hydrogen) atoms. The van der Waals surface area contributed by atoms with E-state index in [9.17, 15) is 0 Å². The van der Waals surface area contributed by atoms with E-state index >= 15 is 0 Å². The molecule has 3 aromatic rings. The summed E-state index contributed by atoms with van der Waals surface area (Å²) in [5, 5.41) is 10.8. The fourth-order valence-electron chi connectivity index (χ4n) is 1.84. The minimum Gasteiger partial charge on any atom is -0.339 e. The molecule has 7 nitrogen and oxygen atoms in total. The zero-order valence-electron chi connectivity index (χ0n) is 10.6. The molecule has 2 heterocycles. The van der Waals surface area contributed by atoms with Gasteiger partial charge in [-0.1, -0.05) is 6.07 Å². The number of nitrogen functional groups attached to an aromatic ring is 1. The van der Waals surface area contributed by atoms with Gasteiger partial charge in [0.1, 0.15) is 5.82 Å². The molecule has 0 aliphatic carbocycles.